The van der Waals surface area contributed by atoms with E-state index in [-0.39, 0.29) is 11.7 Å². The van der Waals surface area contributed by atoms with Crippen LogP contribution in [-0.2, 0) is 14.2 Å². The zero-order chi connectivity index (χ0) is 17.5. The van der Waals surface area contributed by atoms with Crippen LogP contribution in [-0.4, -0.2) is 58.6 Å². The summed E-state index contributed by atoms with van der Waals surface area (Å²) in [7, 11) is 0. The number of hydrogen-bond acceptors (Lipinski definition) is 5. The maximum atomic E-state index is 12.7. The van der Waals surface area contributed by atoms with Crippen LogP contribution in [0.3, 0.4) is 0 Å². The summed E-state index contributed by atoms with van der Waals surface area (Å²) in [5, 5.41) is 6.00. The van der Waals surface area contributed by atoms with Gasteiger partial charge in [-0.15, -0.1) is 0 Å². The number of nitrogens with one attached hydrogen (secondary N) is 1. The molecule has 9 heteroatoms. The van der Waals surface area contributed by atoms with Crippen molar-refractivity contribution in [3.05, 3.63) is 46.1 Å². The average molecular weight is 340 g/mol. The number of carbonyl (C=O) groups is 1. The first kappa shape index (κ1) is 19.9. The molecule has 0 saturated heterocycles. The molecule has 1 amide bonds. The molecule has 0 unspecified atom stereocenters. The summed E-state index contributed by atoms with van der Waals surface area (Å²) in [6, 6.07) is 5.33. The molecule has 0 aliphatic rings. The lowest BCUT2D eigenvalue weighted by molar-refractivity contribution is 0.0166. The quantitative estimate of drug-likeness (QED) is 0.256. The van der Waals surface area contributed by atoms with E-state index in [0.717, 1.165) is 0 Å². The first-order valence-electron chi connectivity index (χ1n) is 7.52. The van der Waals surface area contributed by atoms with Gasteiger partial charge in [0, 0.05) is 23.6 Å². The molecule has 0 fully saturated rings. The van der Waals surface area contributed by atoms with Gasteiger partial charge in [-0.1, -0.05) is 5.11 Å². The molecule has 132 valence electrons. The van der Waals surface area contributed by atoms with Gasteiger partial charge in [0.15, 0.2) is 0 Å². The van der Waals surface area contributed by atoms with Crippen molar-refractivity contribution in [1.82, 2.24) is 5.32 Å². The van der Waals surface area contributed by atoms with Crippen LogP contribution in [0.1, 0.15) is 10.4 Å². The highest BCUT2D eigenvalue weighted by Gasteiger charge is 2.04. The third-order valence-corrected chi connectivity index (χ3v) is 2.78. The van der Waals surface area contributed by atoms with Crippen molar-refractivity contribution in [2.45, 2.75) is 0 Å². The molecule has 24 heavy (non-hydrogen) atoms. The van der Waals surface area contributed by atoms with E-state index >= 15 is 0 Å². The van der Waals surface area contributed by atoms with Gasteiger partial charge in [-0.3, -0.25) is 4.79 Å². The van der Waals surface area contributed by atoms with Crippen molar-refractivity contribution in [2.75, 3.05) is 52.7 Å². The zero-order valence-corrected chi connectivity index (χ0v) is 13.3. The fourth-order valence-electron chi connectivity index (χ4n) is 1.63. The first-order chi connectivity index (χ1) is 11.7. The van der Waals surface area contributed by atoms with Gasteiger partial charge in [-0.2, -0.15) is 0 Å². The van der Waals surface area contributed by atoms with Crippen LogP contribution in [0.25, 0.3) is 10.4 Å². The third kappa shape index (κ3) is 9.75. The largest absolute Gasteiger partial charge is 0.379 e. The zero-order valence-electron chi connectivity index (χ0n) is 13.3. The summed E-state index contributed by atoms with van der Waals surface area (Å²) in [5.74, 6) is -0.649. The van der Waals surface area contributed by atoms with Crippen LogP contribution in [0, 0.1) is 5.82 Å². The van der Waals surface area contributed by atoms with Gasteiger partial charge in [-0.25, -0.2) is 4.39 Å². The maximum Gasteiger partial charge on any atom is 0.251 e. The predicted molar refractivity (Wildman–Crippen MR) is 85.2 cm³/mol. The van der Waals surface area contributed by atoms with E-state index in [1.165, 1.54) is 24.3 Å². The topological polar surface area (TPSA) is 106 Å². The van der Waals surface area contributed by atoms with Crippen molar-refractivity contribution in [3.63, 3.8) is 0 Å². The molecule has 0 aliphatic carbocycles. The Labute approximate surface area is 139 Å². The Hall–Kier alpha value is -2.19. The summed E-state index contributed by atoms with van der Waals surface area (Å²) in [4.78, 5) is 14.3. The second-order valence-corrected chi connectivity index (χ2v) is 4.55. The Kier molecular flexibility index (Phi) is 11.0. The molecule has 0 atom stereocenters. The molecular formula is C15H21FN4O4. The number of nitrogens with zero attached hydrogens (tertiary/aromatic N) is 3. The minimum atomic E-state index is -0.379. The number of carbonyl (C=O) groups excluding carboxylic acids is 1. The normalized spacial score (nSPS) is 10.2. The smallest absolute Gasteiger partial charge is 0.251 e. The number of ether oxygens (including phenoxy) is 3. The number of azide groups is 1. The summed E-state index contributed by atoms with van der Waals surface area (Å²) in [5.41, 5.74) is 8.46. The monoisotopic (exact) mass is 340 g/mol. The minimum Gasteiger partial charge on any atom is -0.379 e. The Morgan fingerprint density at radius 3 is 2.25 bits per heavy atom. The number of amides is 1. The highest BCUT2D eigenvalue weighted by Crippen LogP contribution is 2.02. The molecule has 0 radical (unpaired) electrons. The van der Waals surface area contributed by atoms with Crippen LogP contribution in [0.4, 0.5) is 4.39 Å². The molecule has 0 saturated carbocycles. The Morgan fingerprint density at radius 2 is 1.62 bits per heavy atom. The van der Waals surface area contributed by atoms with E-state index in [0.29, 0.717) is 58.3 Å². The molecule has 0 spiro atoms. The molecule has 0 heterocycles. The summed E-state index contributed by atoms with van der Waals surface area (Å²) >= 11 is 0. The SMILES string of the molecule is [N-]=[N+]=NCCOCCOCCOCCNC(=O)c1ccc(F)cc1. The van der Waals surface area contributed by atoms with E-state index in [4.69, 9.17) is 19.7 Å². The van der Waals surface area contributed by atoms with Crippen molar-refractivity contribution in [1.29, 1.82) is 0 Å². The lowest BCUT2D eigenvalue weighted by atomic mass is 10.2. The molecule has 0 aromatic heterocycles. The molecule has 1 N–H and O–H groups in total. The van der Waals surface area contributed by atoms with Gasteiger partial charge in [0.2, 0.25) is 0 Å². The molecular weight excluding hydrogens is 319 g/mol. The van der Waals surface area contributed by atoms with Crippen molar-refractivity contribution in [3.8, 4) is 0 Å². The number of halogens is 1. The minimum absolute atomic E-state index is 0.271. The highest BCUT2D eigenvalue weighted by molar-refractivity contribution is 5.94. The summed E-state index contributed by atoms with van der Waals surface area (Å²) in [6.07, 6.45) is 0. The van der Waals surface area contributed by atoms with Crippen LogP contribution < -0.4 is 5.32 Å². The van der Waals surface area contributed by atoms with E-state index in [1.807, 2.05) is 0 Å². The fourth-order valence-corrected chi connectivity index (χ4v) is 1.63. The van der Waals surface area contributed by atoms with E-state index in [2.05, 4.69) is 15.3 Å². The third-order valence-electron chi connectivity index (χ3n) is 2.78. The second-order valence-electron chi connectivity index (χ2n) is 4.55. The van der Waals surface area contributed by atoms with E-state index in [9.17, 15) is 9.18 Å². The van der Waals surface area contributed by atoms with Gasteiger partial charge in [0.1, 0.15) is 5.82 Å². The molecule has 8 nitrogen and oxygen atoms in total. The Morgan fingerprint density at radius 1 is 1.04 bits per heavy atom. The molecule has 0 bridgehead atoms. The Balaban J connectivity index is 1.89. The van der Waals surface area contributed by atoms with Gasteiger partial charge < -0.3 is 19.5 Å². The van der Waals surface area contributed by atoms with Crippen molar-refractivity contribution >= 4 is 5.91 Å². The van der Waals surface area contributed by atoms with Crippen LogP contribution in [0.15, 0.2) is 29.4 Å². The van der Waals surface area contributed by atoms with Crippen LogP contribution >= 0.6 is 0 Å². The van der Waals surface area contributed by atoms with Crippen LogP contribution in [0.5, 0.6) is 0 Å². The predicted octanol–water partition coefficient (Wildman–Crippen LogP) is 1.92. The van der Waals surface area contributed by atoms with Gasteiger partial charge in [0.05, 0.1) is 39.6 Å². The van der Waals surface area contributed by atoms with Gasteiger partial charge in [-0.05, 0) is 29.8 Å². The van der Waals surface area contributed by atoms with Gasteiger partial charge in [0.25, 0.3) is 5.91 Å². The average Bonchev–Trinajstić information content (AvgIpc) is 2.59. The number of hydrogen-bond donors (Lipinski definition) is 1. The fraction of sp³-hybridized carbons (Fsp3) is 0.533. The van der Waals surface area contributed by atoms with Gasteiger partial charge >= 0.3 is 0 Å². The first-order valence-corrected chi connectivity index (χ1v) is 7.52. The summed E-state index contributed by atoms with van der Waals surface area (Å²) < 4.78 is 28.5. The molecule has 1 aromatic carbocycles. The van der Waals surface area contributed by atoms with Crippen LogP contribution in [0.2, 0.25) is 0 Å². The number of benzene rings is 1. The van der Waals surface area contributed by atoms with Crippen molar-refractivity contribution in [2.24, 2.45) is 5.11 Å². The highest BCUT2D eigenvalue weighted by atomic mass is 19.1. The maximum absolute atomic E-state index is 12.7. The van der Waals surface area contributed by atoms with E-state index < -0.39 is 0 Å². The summed E-state index contributed by atoms with van der Waals surface area (Å²) in [6.45, 7) is 3.09. The molecule has 1 aromatic rings. The number of rotatable bonds is 13. The Bertz CT molecular complexity index is 521. The van der Waals surface area contributed by atoms with E-state index in [1.54, 1.807) is 0 Å². The second kappa shape index (κ2) is 13.3. The lowest BCUT2D eigenvalue weighted by Crippen LogP contribution is -2.27. The van der Waals surface area contributed by atoms with Crippen molar-refractivity contribution < 1.29 is 23.4 Å². The molecule has 0 aliphatic heterocycles. The standard InChI is InChI=1S/C15H21FN4O4/c16-14-3-1-13(2-4-14)15(21)18-5-7-22-9-11-24-12-10-23-8-6-19-20-17/h1-4H,5-12H2,(H,18,21). The lowest BCUT2D eigenvalue weighted by Gasteiger charge is -2.07. The molecule has 1 rings (SSSR count).